The number of amides is 1. The van der Waals surface area contributed by atoms with E-state index in [0.29, 0.717) is 31.8 Å². The van der Waals surface area contributed by atoms with Gasteiger partial charge in [-0.3, -0.25) is 9.79 Å². The Labute approximate surface area is 193 Å². The molecule has 1 unspecified atom stereocenters. The number of halogens is 2. The predicted molar refractivity (Wildman–Crippen MR) is 125 cm³/mol. The molecule has 2 aromatic rings. The molecule has 1 saturated heterocycles. The number of nitrogens with one attached hydrogen (secondary N) is 2. The summed E-state index contributed by atoms with van der Waals surface area (Å²) < 4.78 is 18.5. The van der Waals surface area contributed by atoms with Gasteiger partial charge in [0.15, 0.2) is 5.96 Å². The topological polar surface area (TPSA) is 82.8 Å². The van der Waals surface area contributed by atoms with Gasteiger partial charge in [-0.2, -0.15) is 0 Å². The van der Waals surface area contributed by atoms with E-state index >= 15 is 0 Å². The van der Waals surface area contributed by atoms with Crippen molar-refractivity contribution < 1.29 is 13.6 Å². The molecular weight excluding hydrogens is 500 g/mol. The lowest BCUT2D eigenvalue weighted by molar-refractivity contribution is -0.129. The van der Waals surface area contributed by atoms with E-state index in [1.165, 1.54) is 12.1 Å². The molecule has 7 nitrogen and oxygen atoms in total. The normalized spacial score (nSPS) is 16.3. The van der Waals surface area contributed by atoms with Crippen molar-refractivity contribution in [3.05, 3.63) is 42.0 Å². The minimum Gasteiger partial charge on any atom is -0.444 e. The number of oxazole rings is 1. The quantitative estimate of drug-likeness (QED) is 0.327. The third-order valence-electron chi connectivity index (χ3n) is 4.81. The first kappa shape index (κ1) is 24.1. The Hall–Kier alpha value is -2.17. The van der Waals surface area contributed by atoms with Crippen LogP contribution in [0.15, 0.2) is 39.9 Å². The molecule has 164 valence electrons. The molecule has 0 saturated carbocycles. The second-order valence-electron chi connectivity index (χ2n) is 6.98. The van der Waals surface area contributed by atoms with Gasteiger partial charge in [0.05, 0.1) is 5.69 Å². The van der Waals surface area contributed by atoms with Crippen LogP contribution in [0.4, 0.5) is 4.39 Å². The number of carbonyl (C=O) groups excluding carboxylic acids is 1. The van der Waals surface area contributed by atoms with Gasteiger partial charge in [0.2, 0.25) is 11.8 Å². The van der Waals surface area contributed by atoms with Crippen LogP contribution in [-0.2, 0) is 11.2 Å². The van der Waals surface area contributed by atoms with Crippen molar-refractivity contribution in [2.45, 2.75) is 39.2 Å². The lowest BCUT2D eigenvalue weighted by Gasteiger charge is -2.18. The molecule has 0 spiro atoms. The van der Waals surface area contributed by atoms with Crippen LogP contribution in [0.25, 0.3) is 11.5 Å². The van der Waals surface area contributed by atoms with Gasteiger partial charge in [-0.1, -0.05) is 6.92 Å². The first-order valence-electron chi connectivity index (χ1n) is 10.1. The van der Waals surface area contributed by atoms with Gasteiger partial charge in [0.1, 0.15) is 12.1 Å². The van der Waals surface area contributed by atoms with Crippen LogP contribution >= 0.6 is 24.0 Å². The Bertz CT molecular complexity index is 840. The second-order valence-corrected chi connectivity index (χ2v) is 6.98. The van der Waals surface area contributed by atoms with Crippen LogP contribution in [-0.4, -0.2) is 54.0 Å². The number of hydrogen-bond acceptors (Lipinski definition) is 4. The summed E-state index contributed by atoms with van der Waals surface area (Å²) >= 11 is 0. The smallest absolute Gasteiger partial charge is 0.226 e. The fourth-order valence-electron chi connectivity index (χ4n) is 3.27. The van der Waals surface area contributed by atoms with Crippen molar-refractivity contribution >= 4 is 35.8 Å². The number of rotatable bonds is 7. The van der Waals surface area contributed by atoms with Crippen LogP contribution in [0.3, 0.4) is 0 Å². The highest BCUT2D eigenvalue weighted by molar-refractivity contribution is 14.0. The standard InChI is InChI=1S/C21H28FN5O2.HI/c1-3-19(28)27-12-10-17(13-27)26-21(23-4-2)24-11-9-18-14-29-20(25-18)15-5-7-16(22)8-6-15;/h5-8,14,17H,3-4,9-13H2,1-2H3,(H2,23,24,26);1H. The van der Waals surface area contributed by atoms with E-state index in [9.17, 15) is 9.18 Å². The number of aliphatic imine (C=N–C) groups is 1. The van der Waals surface area contributed by atoms with E-state index in [-0.39, 0.29) is 41.7 Å². The molecular formula is C21H29FIN5O2. The van der Waals surface area contributed by atoms with Gasteiger partial charge < -0.3 is 20.0 Å². The molecule has 0 bridgehead atoms. The molecule has 0 radical (unpaired) electrons. The number of guanidine groups is 1. The molecule has 2 N–H and O–H groups in total. The lowest BCUT2D eigenvalue weighted by atomic mass is 10.2. The Balaban J connectivity index is 0.00000320. The van der Waals surface area contributed by atoms with Crippen molar-refractivity contribution in [1.82, 2.24) is 20.5 Å². The molecule has 30 heavy (non-hydrogen) atoms. The van der Waals surface area contributed by atoms with Gasteiger partial charge in [0.25, 0.3) is 0 Å². The summed E-state index contributed by atoms with van der Waals surface area (Å²) in [5.74, 6) is 1.12. The molecule has 0 aliphatic carbocycles. The van der Waals surface area contributed by atoms with Crippen molar-refractivity contribution in [1.29, 1.82) is 0 Å². The van der Waals surface area contributed by atoms with Crippen molar-refractivity contribution in [3.8, 4) is 11.5 Å². The van der Waals surface area contributed by atoms with Gasteiger partial charge >= 0.3 is 0 Å². The van der Waals surface area contributed by atoms with Crippen molar-refractivity contribution in [2.24, 2.45) is 4.99 Å². The molecule has 3 rings (SSSR count). The van der Waals surface area contributed by atoms with Crippen LogP contribution in [0.2, 0.25) is 0 Å². The minimum atomic E-state index is -0.289. The zero-order valence-corrected chi connectivity index (χ0v) is 19.7. The Kier molecular flexibility index (Phi) is 9.54. The average molecular weight is 529 g/mol. The molecule has 1 aliphatic heterocycles. The van der Waals surface area contributed by atoms with E-state index in [1.54, 1.807) is 18.4 Å². The Morgan fingerprint density at radius 3 is 2.80 bits per heavy atom. The Morgan fingerprint density at radius 1 is 1.33 bits per heavy atom. The van der Waals surface area contributed by atoms with Crippen LogP contribution < -0.4 is 10.6 Å². The summed E-state index contributed by atoms with van der Waals surface area (Å²) in [5.41, 5.74) is 1.54. The number of benzene rings is 1. The van der Waals surface area contributed by atoms with Crippen LogP contribution in [0, 0.1) is 5.82 Å². The maximum Gasteiger partial charge on any atom is 0.226 e. The maximum atomic E-state index is 13.0. The van der Waals surface area contributed by atoms with E-state index < -0.39 is 0 Å². The zero-order chi connectivity index (χ0) is 20.6. The summed E-state index contributed by atoms with van der Waals surface area (Å²) in [7, 11) is 0. The van der Waals surface area contributed by atoms with Gasteiger partial charge in [-0.25, -0.2) is 9.37 Å². The molecule has 1 atom stereocenters. The van der Waals surface area contributed by atoms with Crippen molar-refractivity contribution in [2.75, 3.05) is 26.2 Å². The number of hydrogen-bond donors (Lipinski definition) is 2. The molecule has 1 aromatic carbocycles. The monoisotopic (exact) mass is 529 g/mol. The highest BCUT2D eigenvalue weighted by Gasteiger charge is 2.25. The summed E-state index contributed by atoms with van der Waals surface area (Å²) in [6.45, 7) is 6.71. The number of aromatic nitrogens is 1. The third-order valence-corrected chi connectivity index (χ3v) is 4.81. The molecule has 1 aliphatic rings. The van der Waals surface area contributed by atoms with Crippen molar-refractivity contribution in [3.63, 3.8) is 0 Å². The molecule has 9 heteroatoms. The minimum absolute atomic E-state index is 0. The highest BCUT2D eigenvalue weighted by atomic mass is 127. The van der Waals surface area contributed by atoms with E-state index in [1.807, 2.05) is 18.7 Å². The second kappa shape index (κ2) is 11.9. The number of likely N-dealkylation sites (tertiary alicyclic amines) is 1. The molecule has 1 fully saturated rings. The predicted octanol–water partition coefficient (Wildman–Crippen LogP) is 3.21. The largest absolute Gasteiger partial charge is 0.444 e. The van der Waals surface area contributed by atoms with Crippen LogP contribution in [0.1, 0.15) is 32.4 Å². The summed E-state index contributed by atoms with van der Waals surface area (Å²) in [6, 6.07) is 6.27. The fourth-order valence-corrected chi connectivity index (χ4v) is 3.27. The van der Waals surface area contributed by atoms with E-state index in [2.05, 4.69) is 20.6 Å². The first-order chi connectivity index (χ1) is 14.1. The summed E-state index contributed by atoms with van der Waals surface area (Å²) in [6.07, 6.45) is 3.70. The van der Waals surface area contributed by atoms with Crippen LogP contribution in [0.5, 0.6) is 0 Å². The van der Waals surface area contributed by atoms with Gasteiger partial charge in [-0.05, 0) is 37.6 Å². The molecule has 1 aromatic heterocycles. The fraction of sp³-hybridized carbons (Fsp3) is 0.476. The average Bonchev–Trinajstić information content (AvgIpc) is 3.38. The Morgan fingerprint density at radius 2 is 2.10 bits per heavy atom. The first-order valence-corrected chi connectivity index (χ1v) is 10.1. The molecule has 2 heterocycles. The summed E-state index contributed by atoms with van der Waals surface area (Å²) in [4.78, 5) is 22.8. The zero-order valence-electron chi connectivity index (χ0n) is 17.4. The summed E-state index contributed by atoms with van der Waals surface area (Å²) in [5, 5.41) is 6.66. The maximum absolute atomic E-state index is 13.0. The number of nitrogens with zero attached hydrogens (tertiary/aromatic N) is 3. The number of carbonyl (C=O) groups is 1. The lowest BCUT2D eigenvalue weighted by Crippen LogP contribution is -2.45. The molecule has 1 amide bonds. The van der Waals surface area contributed by atoms with E-state index in [4.69, 9.17) is 4.42 Å². The highest BCUT2D eigenvalue weighted by Crippen LogP contribution is 2.19. The third kappa shape index (κ3) is 6.68. The SMILES string of the molecule is CCNC(=NCCc1coc(-c2ccc(F)cc2)n1)NC1CCN(C(=O)CC)C1.I. The van der Waals surface area contributed by atoms with Gasteiger partial charge in [0, 0.05) is 50.6 Å². The van der Waals surface area contributed by atoms with E-state index in [0.717, 1.165) is 36.7 Å². The van der Waals surface area contributed by atoms with Gasteiger partial charge in [-0.15, -0.1) is 24.0 Å².